The van der Waals surface area contributed by atoms with Gasteiger partial charge in [-0.15, -0.1) is 0 Å². The average molecular weight is 371 g/mol. The van der Waals surface area contributed by atoms with Crippen molar-refractivity contribution >= 4 is 11.9 Å². The van der Waals surface area contributed by atoms with E-state index in [2.05, 4.69) is 5.32 Å². The number of piperidine rings is 2. The lowest BCUT2D eigenvalue weighted by atomic mass is 9.87. The summed E-state index contributed by atoms with van der Waals surface area (Å²) < 4.78 is 32.4. The Labute approximate surface area is 152 Å². The van der Waals surface area contributed by atoms with E-state index in [0.29, 0.717) is 38.8 Å². The number of hydrogen-bond acceptors (Lipinski definition) is 3. The molecule has 0 radical (unpaired) electrons. The molecule has 0 aromatic rings. The van der Waals surface area contributed by atoms with Crippen LogP contribution in [0, 0.1) is 5.41 Å². The normalized spacial score (nSPS) is 35.7. The van der Waals surface area contributed by atoms with Gasteiger partial charge >= 0.3 is 6.03 Å². The van der Waals surface area contributed by atoms with Crippen molar-refractivity contribution in [3.05, 3.63) is 0 Å². The summed E-state index contributed by atoms with van der Waals surface area (Å²) in [5.41, 5.74) is -0.831. The van der Waals surface area contributed by atoms with Crippen LogP contribution in [0.15, 0.2) is 0 Å². The molecular formula is C18H27F2N3O3. The Morgan fingerprint density at radius 1 is 1.12 bits per heavy atom. The Morgan fingerprint density at radius 2 is 1.69 bits per heavy atom. The number of rotatable bonds is 3. The third-order valence-electron chi connectivity index (χ3n) is 6.76. The number of nitrogens with zero attached hydrogens (tertiary/aromatic N) is 2. The number of carbonyl (C=O) groups excluding carboxylic acids is 2. The second-order valence-electron chi connectivity index (χ2n) is 8.40. The topological polar surface area (TPSA) is 61.9 Å². The van der Waals surface area contributed by atoms with Crippen LogP contribution in [0.2, 0.25) is 0 Å². The Hall–Kier alpha value is -1.44. The van der Waals surface area contributed by atoms with Gasteiger partial charge in [-0.25, -0.2) is 13.6 Å². The van der Waals surface area contributed by atoms with E-state index in [1.54, 1.807) is 4.90 Å². The second-order valence-corrected chi connectivity index (χ2v) is 8.40. The maximum Gasteiger partial charge on any atom is 0.318 e. The Morgan fingerprint density at radius 3 is 2.19 bits per heavy atom. The lowest BCUT2D eigenvalue weighted by Crippen LogP contribution is -2.55. The highest BCUT2D eigenvalue weighted by atomic mass is 19.3. The van der Waals surface area contributed by atoms with Crippen LogP contribution in [0.4, 0.5) is 13.6 Å². The van der Waals surface area contributed by atoms with Crippen molar-refractivity contribution in [3.63, 3.8) is 0 Å². The minimum atomic E-state index is -2.53. The number of alkyl halides is 2. The summed E-state index contributed by atoms with van der Waals surface area (Å²) >= 11 is 0. The number of hydrogen-bond donors (Lipinski definition) is 1. The third-order valence-corrected chi connectivity index (χ3v) is 6.76. The van der Waals surface area contributed by atoms with Crippen molar-refractivity contribution in [3.8, 4) is 0 Å². The second kappa shape index (κ2) is 6.32. The zero-order valence-electron chi connectivity index (χ0n) is 15.2. The first-order valence-electron chi connectivity index (χ1n) is 9.59. The first-order chi connectivity index (χ1) is 12.4. The highest BCUT2D eigenvalue weighted by Gasteiger charge is 2.74. The highest BCUT2D eigenvalue weighted by Crippen LogP contribution is 2.69. The molecule has 3 saturated heterocycles. The van der Waals surface area contributed by atoms with Crippen LogP contribution in [0.3, 0.4) is 0 Å². The van der Waals surface area contributed by atoms with Crippen LogP contribution in [0.25, 0.3) is 0 Å². The van der Waals surface area contributed by atoms with Crippen LogP contribution in [-0.2, 0) is 9.53 Å². The third kappa shape index (κ3) is 2.96. The summed E-state index contributed by atoms with van der Waals surface area (Å²) in [7, 11) is 1.50. The number of ether oxygens (including phenoxy) is 1. The van der Waals surface area contributed by atoms with E-state index >= 15 is 0 Å². The quantitative estimate of drug-likeness (QED) is 0.825. The van der Waals surface area contributed by atoms with E-state index in [1.165, 1.54) is 7.11 Å². The Bertz CT molecular complexity index is 578. The first kappa shape index (κ1) is 17.9. The van der Waals surface area contributed by atoms with Gasteiger partial charge in [-0.2, -0.15) is 0 Å². The van der Waals surface area contributed by atoms with Crippen molar-refractivity contribution < 1.29 is 23.1 Å². The number of urea groups is 1. The molecule has 4 rings (SSSR count). The minimum Gasteiger partial charge on any atom is -0.375 e. The number of methoxy groups -OCH3 is 1. The maximum absolute atomic E-state index is 13.7. The van der Waals surface area contributed by atoms with Gasteiger partial charge in [0.25, 0.3) is 5.92 Å². The average Bonchev–Trinajstić information content (AvgIpc) is 2.97. The highest BCUT2D eigenvalue weighted by molar-refractivity contribution is 5.78. The van der Waals surface area contributed by atoms with Gasteiger partial charge in [0.1, 0.15) is 6.61 Å². The molecule has 2 unspecified atom stereocenters. The molecule has 3 amide bonds. The summed E-state index contributed by atoms with van der Waals surface area (Å²) in [6, 6.07) is -0.180. The van der Waals surface area contributed by atoms with Gasteiger partial charge in [0, 0.05) is 50.2 Å². The summed E-state index contributed by atoms with van der Waals surface area (Å²) in [6.45, 7) is 1.30. The van der Waals surface area contributed by atoms with Crippen molar-refractivity contribution in [2.24, 2.45) is 5.41 Å². The summed E-state index contributed by atoms with van der Waals surface area (Å²) in [5.74, 6) is -2.56. The molecule has 4 aliphatic rings. The van der Waals surface area contributed by atoms with Crippen molar-refractivity contribution in [1.82, 2.24) is 15.1 Å². The Balaban J connectivity index is 1.29. The van der Waals surface area contributed by atoms with Gasteiger partial charge < -0.3 is 19.9 Å². The molecular weight excluding hydrogens is 344 g/mol. The number of carbonyl (C=O) groups is 2. The number of likely N-dealkylation sites (tertiary alicyclic amines) is 1. The molecule has 26 heavy (non-hydrogen) atoms. The molecule has 8 heteroatoms. The number of halogens is 2. The van der Waals surface area contributed by atoms with Gasteiger partial charge in [-0.05, 0) is 38.5 Å². The summed E-state index contributed by atoms with van der Waals surface area (Å²) in [5, 5.41) is 3.08. The van der Waals surface area contributed by atoms with E-state index < -0.39 is 11.3 Å². The van der Waals surface area contributed by atoms with Gasteiger partial charge in [0.2, 0.25) is 5.91 Å². The Kier molecular flexibility index (Phi) is 4.36. The van der Waals surface area contributed by atoms with Crippen LogP contribution < -0.4 is 5.32 Å². The lowest BCUT2D eigenvalue weighted by Gasteiger charge is -2.41. The minimum absolute atomic E-state index is 0.00355. The number of amides is 3. The SMILES string of the molecule is COCC(=O)N1CCC(NC(=O)N2C3CCC2CC2(C3)CC2(F)F)CC1. The van der Waals surface area contributed by atoms with Crippen molar-refractivity contribution in [2.75, 3.05) is 26.8 Å². The standard InChI is InChI=1S/C18H27F2N3O3/c1-26-10-15(24)22-6-4-12(5-7-22)21-16(25)23-13-2-3-14(23)9-17(8-13)11-18(17,19)20/h12-14H,2-11H2,1H3,(H,21,25). The van der Waals surface area contributed by atoms with Crippen molar-refractivity contribution in [2.45, 2.75) is 69.0 Å². The monoisotopic (exact) mass is 371 g/mol. The van der Waals surface area contributed by atoms with E-state index in [-0.39, 0.29) is 43.1 Å². The fourth-order valence-corrected chi connectivity index (χ4v) is 5.24. The molecule has 4 fully saturated rings. The molecule has 2 atom stereocenters. The fourth-order valence-electron chi connectivity index (χ4n) is 5.24. The zero-order chi connectivity index (χ0) is 18.5. The van der Waals surface area contributed by atoms with Crippen LogP contribution in [0.5, 0.6) is 0 Å². The molecule has 6 nitrogen and oxygen atoms in total. The van der Waals surface area contributed by atoms with E-state index in [1.807, 2.05) is 4.90 Å². The van der Waals surface area contributed by atoms with Gasteiger partial charge in [-0.3, -0.25) is 4.79 Å². The molecule has 1 spiro atoms. The molecule has 3 heterocycles. The van der Waals surface area contributed by atoms with E-state index in [0.717, 1.165) is 12.8 Å². The molecule has 0 aromatic heterocycles. The fraction of sp³-hybridized carbons (Fsp3) is 0.889. The van der Waals surface area contributed by atoms with Crippen molar-refractivity contribution in [1.29, 1.82) is 0 Å². The number of nitrogens with one attached hydrogen (secondary N) is 1. The molecule has 1 saturated carbocycles. The summed E-state index contributed by atoms with van der Waals surface area (Å²) in [4.78, 5) is 28.2. The van der Waals surface area contributed by atoms with E-state index in [4.69, 9.17) is 4.74 Å². The molecule has 2 bridgehead atoms. The van der Waals surface area contributed by atoms with Gasteiger partial charge in [0.15, 0.2) is 0 Å². The largest absolute Gasteiger partial charge is 0.375 e. The summed E-state index contributed by atoms with van der Waals surface area (Å²) in [6.07, 6.45) is 3.97. The van der Waals surface area contributed by atoms with Crippen LogP contribution >= 0.6 is 0 Å². The predicted molar refractivity (Wildman–Crippen MR) is 89.9 cm³/mol. The van der Waals surface area contributed by atoms with Gasteiger partial charge in [0.05, 0.1) is 0 Å². The first-order valence-corrected chi connectivity index (χ1v) is 9.59. The van der Waals surface area contributed by atoms with Gasteiger partial charge in [-0.1, -0.05) is 0 Å². The molecule has 146 valence electrons. The molecule has 1 aliphatic carbocycles. The molecule has 3 aliphatic heterocycles. The molecule has 1 N–H and O–H groups in total. The lowest BCUT2D eigenvalue weighted by molar-refractivity contribution is -0.136. The van der Waals surface area contributed by atoms with Crippen LogP contribution in [-0.4, -0.2) is 72.6 Å². The predicted octanol–water partition coefficient (Wildman–Crippen LogP) is 1.99. The maximum atomic E-state index is 13.7. The zero-order valence-corrected chi connectivity index (χ0v) is 15.2. The van der Waals surface area contributed by atoms with E-state index in [9.17, 15) is 18.4 Å². The molecule has 0 aromatic carbocycles. The van der Waals surface area contributed by atoms with Crippen LogP contribution in [0.1, 0.15) is 44.9 Å². The smallest absolute Gasteiger partial charge is 0.318 e. The number of fused-ring (bicyclic) bond motifs is 2.